The van der Waals surface area contributed by atoms with Gasteiger partial charge in [0.25, 0.3) is 5.91 Å². The van der Waals surface area contributed by atoms with E-state index < -0.39 is 5.91 Å². The summed E-state index contributed by atoms with van der Waals surface area (Å²) in [5.74, 6) is -0.531. The second-order valence-corrected chi connectivity index (χ2v) is 5.24. The zero-order valence-electron chi connectivity index (χ0n) is 10.3. The molecule has 1 fully saturated rings. The minimum atomic E-state index is -0.531. The van der Waals surface area contributed by atoms with Crippen molar-refractivity contribution in [1.82, 2.24) is 9.27 Å². The van der Waals surface area contributed by atoms with E-state index in [0.717, 1.165) is 15.8 Å². The molecular formula is C12H12N4O2S. The number of aromatic nitrogens is 1. The van der Waals surface area contributed by atoms with Crippen molar-refractivity contribution in [3.63, 3.8) is 0 Å². The molecule has 98 valence electrons. The molecule has 2 aromatic rings. The van der Waals surface area contributed by atoms with E-state index >= 15 is 0 Å². The van der Waals surface area contributed by atoms with Crippen molar-refractivity contribution in [3.8, 4) is 0 Å². The Morgan fingerprint density at radius 2 is 2.21 bits per heavy atom. The van der Waals surface area contributed by atoms with Gasteiger partial charge in [-0.15, -0.1) is 0 Å². The van der Waals surface area contributed by atoms with Crippen LogP contribution in [-0.4, -0.2) is 41.3 Å². The summed E-state index contributed by atoms with van der Waals surface area (Å²) in [6, 6.07) is 5.47. The molecule has 0 aliphatic carbocycles. The van der Waals surface area contributed by atoms with Gasteiger partial charge in [-0.1, -0.05) is 0 Å². The maximum Gasteiger partial charge on any atom is 0.324 e. The molecule has 1 aliphatic rings. The lowest BCUT2D eigenvalue weighted by molar-refractivity contribution is 0.0998. The van der Waals surface area contributed by atoms with E-state index in [2.05, 4.69) is 4.37 Å². The van der Waals surface area contributed by atoms with Crippen LogP contribution in [0.15, 0.2) is 18.2 Å². The van der Waals surface area contributed by atoms with Crippen LogP contribution in [0.4, 0.5) is 10.5 Å². The molecule has 3 rings (SSSR count). The Morgan fingerprint density at radius 3 is 2.84 bits per heavy atom. The number of likely N-dealkylation sites (N-methyl/N-ethyl adjacent to an activating group) is 1. The number of nitrogens with zero attached hydrogens (tertiary/aromatic N) is 3. The zero-order valence-corrected chi connectivity index (χ0v) is 11.1. The largest absolute Gasteiger partial charge is 0.364 e. The van der Waals surface area contributed by atoms with Crippen molar-refractivity contribution < 1.29 is 9.59 Å². The summed E-state index contributed by atoms with van der Waals surface area (Å²) in [5, 5.41) is 0.737. The van der Waals surface area contributed by atoms with Gasteiger partial charge in [-0.25, -0.2) is 4.79 Å². The Morgan fingerprint density at radius 1 is 1.42 bits per heavy atom. The van der Waals surface area contributed by atoms with Crippen LogP contribution in [0, 0.1) is 0 Å². The molecule has 0 saturated carbocycles. The summed E-state index contributed by atoms with van der Waals surface area (Å²) in [4.78, 5) is 26.5. The third-order valence-electron chi connectivity index (χ3n) is 3.22. The van der Waals surface area contributed by atoms with Gasteiger partial charge >= 0.3 is 6.03 Å². The van der Waals surface area contributed by atoms with Gasteiger partial charge in [-0.3, -0.25) is 9.69 Å². The minimum absolute atomic E-state index is 0.0148. The Balaban J connectivity index is 2.03. The summed E-state index contributed by atoms with van der Waals surface area (Å²) in [6.45, 7) is 1.38. The molecule has 1 aliphatic heterocycles. The van der Waals surface area contributed by atoms with Crippen LogP contribution in [-0.2, 0) is 0 Å². The van der Waals surface area contributed by atoms with E-state index in [-0.39, 0.29) is 11.7 Å². The highest BCUT2D eigenvalue weighted by molar-refractivity contribution is 7.13. The number of rotatable bonds is 2. The Labute approximate surface area is 113 Å². The maximum absolute atomic E-state index is 11.9. The number of hydrogen-bond acceptors (Lipinski definition) is 4. The maximum atomic E-state index is 11.9. The van der Waals surface area contributed by atoms with Crippen LogP contribution in [0.3, 0.4) is 0 Å². The molecule has 3 amide bonds. The minimum Gasteiger partial charge on any atom is -0.364 e. The second-order valence-electron chi connectivity index (χ2n) is 4.43. The van der Waals surface area contributed by atoms with Gasteiger partial charge in [0.15, 0.2) is 0 Å². The average molecular weight is 276 g/mol. The first-order valence-corrected chi connectivity index (χ1v) is 6.57. The average Bonchev–Trinajstić information content (AvgIpc) is 2.94. The van der Waals surface area contributed by atoms with Crippen LogP contribution in [0.25, 0.3) is 10.1 Å². The molecule has 0 atom stereocenters. The van der Waals surface area contributed by atoms with Gasteiger partial charge < -0.3 is 10.6 Å². The molecule has 19 heavy (non-hydrogen) atoms. The predicted molar refractivity (Wildman–Crippen MR) is 73.5 cm³/mol. The van der Waals surface area contributed by atoms with Gasteiger partial charge in [-0.2, -0.15) is 4.37 Å². The third-order valence-corrected chi connectivity index (χ3v) is 4.03. The molecule has 1 aromatic carbocycles. The SMILES string of the molecule is CN1CCN(c2ccc3c(C(N)=O)nsc3c2)C1=O. The van der Waals surface area contributed by atoms with Crippen molar-refractivity contribution in [2.75, 3.05) is 25.0 Å². The first kappa shape index (κ1) is 11.9. The number of nitrogens with two attached hydrogens (primary N) is 1. The first-order chi connectivity index (χ1) is 9.08. The van der Waals surface area contributed by atoms with Gasteiger partial charge in [0.2, 0.25) is 0 Å². The number of carbonyl (C=O) groups is 2. The third kappa shape index (κ3) is 1.82. The molecule has 0 radical (unpaired) electrons. The molecule has 2 heterocycles. The lowest BCUT2D eigenvalue weighted by Crippen LogP contribution is -2.29. The van der Waals surface area contributed by atoms with Crippen LogP contribution in [0.2, 0.25) is 0 Å². The lowest BCUT2D eigenvalue weighted by atomic mass is 10.2. The van der Waals surface area contributed by atoms with Gasteiger partial charge in [0, 0.05) is 31.2 Å². The fourth-order valence-corrected chi connectivity index (χ4v) is 2.97. The molecule has 0 spiro atoms. The molecule has 1 aromatic heterocycles. The number of hydrogen-bond donors (Lipinski definition) is 1. The summed E-state index contributed by atoms with van der Waals surface area (Å²) in [5.41, 5.74) is 6.37. The van der Waals surface area contributed by atoms with E-state index in [9.17, 15) is 9.59 Å². The van der Waals surface area contributed by atoms with E-state index in [4.69, 9.17) is 5.73 Å². The van der Waals surface area contributed by atoms with Gasteiger partial charge in [0.1, 0.15) is 5.69 Å². The summed E-state index contributed by atoms with van der Waals surface area (Å²) >= 11 is 1.21. The highest BCUT2D eigenvalue weighted by Crippen LogP contribution is 2.29. The van der Waals surface area contributed by atoms with Crippen molar-refractivity contribution >= 4 is 39.2 Å². The Bertz CT molecular complexity index is 681. The van der Waals surface area contributed by atoms with Crippen LogP contribution in [0.1, 0.15) is 10.5 Å². The summed E-state index contributed by atoms with van der Waals surface area (Å²) in [6.07, 6.45) is 0. The van der Waals surface area contributed by atoms with Crippen molar-refractivity contribution in [2.45, 2.75) is 0 Å². The number of benzene rings is 1. The highest BCUT2D eigenvalue weighted by Gasteiger charge is 2.27. The normalized spacial score (nSPS) is 15.5. The predicted octanol–water partition coefficient (Wildman–Crippen LogP) is 1.27. The quantitative estimate of drug-likeness (QED) is 0.897. The zero-order chi connectivity index (χ0) is 13.6. The monoisotopic (exact) mass is 276 g/mol. The van der Waals surface area contributed by atoms with E-state index in [0.29, 0.717) is 13.1 Å². The van der Waals surface area contributed by atoms with Gasteiger partial charge in [0.05, 0.1) is 4.70 Å². The summed E-state index contributed by atoms with van der Waals surface area (Å²) < 4.78 is 4.91. The molecule has 0 unspecified atom stereocenters. The van der Waals surface area contributed by atoms with Crippen LogP contribution < -0.4 is 10.6 Å². The topological polar surface area (TPSA) is 79.5 Å². The molecule has 0 bridgehead atoms. The highest BCUT2D eigenvalue weighted by atomic mass is 32.1. The fraction of sp³-hybridized carbons (Fsp3) is 0.250. The molecular weight excluding hydrogens is 264 g/mol. The lowest BCUT2D eigenvalue weighted by Gasteiger charge is -2.15. The van der Waals surface area contributed by atoms with E-state index in [1.165, 1.54) is 11.5 Å². The van der Waals surface area contributed by atoms with Crippen molar-refractivity contribution in [1.29, 1.82) is 0 Å². The van der Waals surface area contributed by atoms with Crippen LogP contribution in [0.5, 0.6) is 0 Å². The number of carbonyl (C=O) groups excluding carboxylic acids is 2. The standard InChI is InChI=1S/C12H12N4O2S/c1-15-4-5-16(12(15)18)7-2-3-8-9(6-7)19-14-10(8)11(13)17/h2-3,6H,4-5H2,1H3,(H2,13,17). The van der Waals surface area contributed by atoms with E-state index in [1.54, 1.807) is 22.9 Å². The smallest absolute Gasteiger partial charge is 0.324 e. The number of fused-ring (bicyclic) bond motifs is 1. The molecule has 6 nitrogen and oxygen atoms in total. The molecule has 1 saturated heterocycles. The molecule has 7 heteroatoms. The number of urea groups is 1. The van der Waals surface area contributed by atoms with Crippen molar-refractivity contribution in [2.24, 2.45) is 5.73 Å². The first-order valence-electron chi connectivity index (χ1n) is 5.80. The fourth-order valence-electron chi connectivity index (χ4n) is 2.16. The van der Waals surface area contributed by atoms with E-state index in [1.807, 2.05) is 12.1 Å². The Kier molecular flexibility index (Phi) is 2.63. The van der Waals surface area contributed by atoms with Crippen LogP contribution >= 0.6 is 11.5 Å². The number of primary amides is 1. The number of amides is 3. The Hall–Kier alpha value is -2.15. The second kappa shape index (κ2) is 4.20. The number of anilines is 1. The summed E-state index contributed by atoms with van der Waals surface area (Å²) in [7, 11) is 1.78. The van der Waals surface area contributed by atoms with Crippen molar-refractivity contribution in [3.05, 3.63) is 23.9 Å². The molecule has 2 N–H and O–H groups in total. The van der Waals surface area contributed by atoms with Gasteiger partial charge in [-0.05, 0) is 29.7 Å².